The van der Waals surface area contributed by atoms with E-state index in [0.29, 0.717) is 11.5 Å². The van der Waals surface area contributed by atoms with E-state index in [0.717, 1.165) is 12.8 Å². The third-order valence-electron chi connectivity index (χ3n) is 3.68. The molecule has 0 unspecified atom stereocenters. The molecule has 2 rings (SSSR count). The predicted molar refractivity (Wildman–Crippen MR) is 64.9 cm³/mol. The molecule has 0 aliphatic heterocycles. The molecule has 5 N–H and O–H groups in total. The molecule has 1 aliphatic rings. The molecule has 0 bridgehead atoms. The molecule has 0 saturated heterocycles. The lowest BCUT2D eigenvalue weighted by atomic mass is 9.81. The lowest BCUT2D eigenvalue weighted by Crippen LogP contribution is -2.23. The molecule has 1 aromatic carbocycles. The van der Waals surface area contributed by atoms with E-state index in [1.807, 2.05) is 0 Å². The second-order valence-electron chi connectivity index (χ2n) is 4.80. The van der Waals surface area contributed by atoms with Gasteiger partial charge in [0.15, 0.2) is 11.5 Å². The van der Waals surface area contributed by atoms with Gasteiger partial charge in [-0.25, -0.2) is 0 Å². The minimum Gasteiger partial charge on any atom is -0.504 e. The van der Waals surface area contributed by atoms with Crippen molar-refractivity contribution in [2.75, 3.05) is 0 Å². The van der Waals surface area contributed by atoms with Gasteiger partial charge in [-0.1, -0.05) is 19.3 Å². The molecule has 4 heteroatoms. The minimum atomic E-state index is -0.478. The van der Waals surface area contributed by atoms with Crippen molar-refractivity contribution >= 4 is 0 Å². The van der Waals surface area contributed by atoms with E-state index < -0.39 is 5.75 Å². The number of hydrogen-bond acceptors (Lipinski definition) is 4. The zero-order valence-electron chi connectivity index (χ0n) is 9.76. The molecule has 0 aromatic heterocycles. The van der Waals surface area contributed by atoms with Crippen LogP contribution in [0.1, 0.15) is 43.7 Å². The first-order valence-corrected chi connectivity index (χ1v) is 6.10. The first kappa shape index (κ1) is 12.0. The van der Waals surface area contributed by atoms with E-state index in [9.17, 15) is 15.3 Å². The third kappa shape index (κ3) is 2.31. The molecule has 1 fully saturated rings. The van der Waals surface area contributed by atoms with Gasteiger partial charge in [0.1, 0.15) is 0 Å². The monoisotopic (exact) mass is 237 g/mol. The Hall–Kier alpha value is -1.42. The van der Waals surface area contributed by atoms with Crippen molar-refractivity contribution < 1.29 is 15.3 Å². The zero-order valence-corrected chi connectivity index (χ0v) is 9.76. The Morgan fingerprint density at radius 1 is 1.00 bits per heavy atom. The topological polar surface area (TPSA) is 86.7 Å². The van der Waals surface area contributed by atoms with Gasteiger partial charge in [-0.2, -0.15) is 0 Å². The molecular weight excluding hydrogens is 218 g/mol. The number of rotatable bonds is 2. The van der Waals surface area contributed by atoms with E-state index in [1.54, 1.807) is 6.07 Å². The van der Waals surface area contributed by atoms with E-state index in [4.69, 9.17) is 5.73 Å². The molecule has 17 heavy (non-hydrogen) atoms. The second kappa shape index (κ2) is 4.84. The van der Waals surface area contributed by atoms with Crippen molar-refractivity contribution in [1.29, 1.82) is 0 Å². The summed E-state index contributed by atoms with van der Waals surface area (Å²) >= 11 is 0. The van der Waals surface area contributed by atoms with Crippen LogP contribution in [0.4, 0.5) is 0 Å². The van der Waals surface area contributed by atoms with Gasteiger partial charge in [-0.3, -0.25) is 0 Å². The summed E-state index contributed by atoms with van der Waals surface area (Å²) in [5.41, 5.74) is 6.66. The number of phenolic OH excluding ortho intramolecular Hbond substituents is 3. The Morgan fingerprint density at radius 2 is 1.65 bits per heavy atom. The number of benzene rings is 1. The standard InChI is InChI=1S/C13H19NO3/c14-11(8-4-2-1-3-5-8)9-6-7-10(15)13(17)12(9)16/h6-8,11,15-17H,1-5,14H2/t11-/m1/s1. The quantitative estimate of drug-likeness (QED) is 0.595. The SMILES string of the molecule is N[C@@H](c1ccc(O)c(O)c1O)C1CCCCC1. The summed E-state index contributed by atoms with van der Waals surface area (Å²) in [6, 6.07) is 2.68. The lowest BCUT2D eigenvalue weighted by molar-refractivity contribution is 0.298. The maximum atomic E-state index is 9.79. The van der Waals surface area contributed by atoms with Crippen LogP contribution in [0, 0.1) is 5.92 Å². The van der Waals surface area contributed by atoms with E-state index in [2.05, 4.69) is 0 Å². The normalized spacial score (nSPS) is 19.1. The van der Waals surface area contributed by atoms with E-state index in [1.165, 1.54) is 25.3 Å². The van der Waals surface area contributed by atoms with Crippen molar-refractivity contribution in [2.45, 2.75) is 38.1 Å². The summed E-state index contributed by atoms with van der Waals surface area (Å²) in [7, 11) is 0. The molecule has 0 radical (unpaired) electrons. The second-order valence-corrected chi connectivity index (χ2v) is 4.80. The van der Waals surface area contributed by atoms with Crippen molar-refractivity contribution in [1.82, 2.24) is 0 Å². The van der Waals surface area contributed by atoms with Crippen LogP contribution in [0.3, 0.4) is 0 Å². The Bertz CT molecular complexity index is 400. The third-order valence-corrected chi connectivity index (χ3v) is 3.68. The van der Waals surface area contributed by atoms with Crippen LogP contribution >= 0.6 is 0 Å². The molecule has 0 amide bonds. The molecule has 1 aliphatic carbocycles. The smallest absolute Gasteiger partial charge is 0.200 e. The number of nitrogens with two attached hydrogens (primary N) is 1. The van der Waals surface area contributed by atoms with Crippen LogP contribution in [0.2, 0.25) is 0 Å². The zero-order chi connectivity index (χ0) is 12.4. The highest BCUT2D eigenvalue weighted by Crippen LogP contribution is 2.43. The van der Waals surface area contributed by atoms with Gasteiger partial charge in [0, 0.05) is 11.6 Å². The highest BCUT2D eigenvalue weighted by Gasteiger charge is 2.25. The van der Waals surface area contributed by atoms with Gasteiger partial charge in [0.25, 0.3) is 0 Å². The number of aromatic hydroxyl groups is 3. The van der Waals surface area contributed by atoms with Crippen molar-refractivity contribution in [3.8, 4) is 17.2 Å². The summed E-state index contributed by atoms with van der Waals surface area (Å²) in [6.45, 7) is 0. The van der Waals surface area contributed by atoms with Gasteiger partial charge in [0.05, 0.1) is 0 Å². The number of phenols is 3. The summed E-state index contributed by atoms with van der Waals surface area (Å²) in [5, 5.41) is 28.5. The van der Waals surface area contributed by atoms with Crippen LogP contribution < -0.4 is 5.73 Å². The Kier molecular flexibility index (Phi) is 3.43. The molecule has 1 aromatic rings. The summed E-state index contributed by atoms with van der Waals surface area (Å²) in [4.78, 5) is 0. The van der Waals surface area contributed by atoms with E-state index >= 15 is 0 Å². The van der Waals surface area contributed by atoms with Gasteiger partial charge >= 0.3 is 0 Å². The molecule has 1 saturated carbocycles. The van der Waals surface area contributed by atoms with Gasteiger partial charge in [-0.15, -0.1) is 0 Å². The molecule has 0 heterocycles. The Balaban J connectivity index is 2.24. The van der Waals surface area contributed by atoms with Crippen molar-refractivity contribution in [2.24, 2.45) is 11.7 Å². The average molecular weight is 237 g/mol. The summed E-state index contributed by atoms with van der Waals surface area (Å²) < 4.78 is 0. The largest absolute Gasteiger partial charge is 0.504 e. The molecular formula is C13H19NO3. The van der Waals surface area contributed by atoms with Crippen LogP contribution in [0.25, 0.3) is 0 Å². The average Bonchev–Trinajstić information content (AvgIpc) is 2.36. The molecule has 4 nitrogen and oxygen atoms in total. The molecule has 94 valence electrons. The van der Waals surface area contributed by atoms with Gasteiger partial charge in [0.2, 0.25) is 5.75 Å². The minimum absolute atomic E-state index is 0.276. The van der Waals surface area contributed by atoms with Crippen LogP contribution in [0.5, 0.6) is 17.2 Å². The maximum absolute atomic E-state index is 9.79. The lowest BCUT2D eigenvalue weighted by Gasteiger charge is -2.28. The predicted octanol–water partition coefficient (Wildman–Crippen LogP) is 2.38. The highest BCUT2D eigenvalue weighted by molar-refractivity contribution is 5.54. The van der Waals surface area contributed by atoms with E-state index in [-0.39, 0.29) is 17.5 Å². The Labute approximate surface area is 101 Å². The summed E-state index contributed by atoms with van der Waals surface area (Å²) in [5.74, 6) is -0.738. The molecule has 1 atom stereocenters. The fraction of sp³-hybridized carbons (Fsp3) is 0.538. The van der Waals surface area contributed by atoms with Crippen LogP contribution in [0.15, 0.2) is 12.1 Å². The fourth-order valence-corrected chi connectivity index (χ4v) is 2.60. The summed E-state index contributed by atoms with van der Waals surface area (Å²) in [6.07, 6.45) is 5.70. The molecule has 0 spiro atoms. The van der Waals surface area contributed by atoms with Gasteiger partial charge in [-0.05, 0) is 30.9 Å². The van der Waals surface area contributed by atoms with Crippen molar-refractivity contribution in [3.05, 3.63) is 17.7 Å². The maximum Gasteiger partial charge on any atom is 0.200 e. The van der Waals surface area contributed by atoms with Crippen LogP contribution in [-0.2, 0) is 0 Å². The van der Waals surface area contributed by atoms with Crippen molar-refractivity contribution in [3.63, 3.8) is 0 Å². The van der Waals surface area contributed by atoms with Crippen LogP contribution in [-0.4, -0.2) is 15.3 Å². The Morgan fingerprint density at radius 3 is 2.29 bits per heavy atom. The first-order valence-electron chi connectivity index (χ1n) is 6.10. The first-order chi connectivity index (χ1) is 8.11. The fourth-order valence-electron chi connectivity index (χ4n) is 2.60. The number of hydrogen-bond donors (Lipinski definition) is 4. The van der Waals surface area contributed by atoms with Gasteiger partial charge < -0.3 is 21.1 Å². The highest BCUT2D eigenvalue weighted by atomic mass is 16.3.